The number of nitrogens with one attached hydrogen (secondary N) is 3. The van der Waals surface area contributed by atoms with E-state index in [0.717, 1.165) is 34.2 Å². The Bertz CT molecular complexity index is 2140. The fourth-order valence-electron chi connectivity index (χ4n) is 5.99. The molecule has 4 N–H and O–H groups in total. The zero-order chi connectivity index (χ0) is 34.7. The molecule has 1 amide bonds. The number of carboxylic acid groups (broad SMARTS) is 1. The molecule has 1 atom stereocenters. The fourth-order valence-corrected chi connectivity index (χ4v) is 6.66. The van der Waals surface area contributed by atoms with Crippen LogP contribution >= 0.6 is 23.2 Å². The van der Waals surface area contributed by atoms with Crippen molar-refractivity contribution in [1.29, 1.82) is 0 Å². The van der Waals surface area contributed by atoms with Crippen LogP contribution in [0.3, 0.4) is 0 Å². The number of hydrogen-bond acceptors (Lipinski definition) is 8. The Kier molecular flexibility index (Phi) is 10.3. The van der Waals surface area contributed by atoms with Crippen LogP contribution < -0.4 is 26.2 Å². The maximum Gasteiger partial charge on any atom is 0.317 e. The first-order valence-corrected chi connectivity index (χ1v) is 16.5. The quantitative estimate of drug-likeness (QED) is 0.137. The molecule has 1 unspecified atom stereocenters. The lowest BCUT2D eigenvalue weighted by Crippen LogP contribution is -2.35. The molecule has 1 fully saturated rings. The first-order chi connectivity index (χ1) is 23.6. The van der Waals surface area contributed by atoms with Gasteiger partial charge < -0.3 is 25.8 Å². The molecule has 252 valence electrons. The van der Waals surface area contributed by atoms with Crippen molar-refractivity contribution in [3.8, 4) is 39.4 Å². The summed E-state index contributed by atoms with van der Waals surface area (Å²) in [7, 11) is 1.58. The number of halogens is 2. The number of methoxy groups -OCH3 is 1. The summed E-state index contributed by atoms with van der Waals surface area (Å²) in [6.45, 7) is 2.74. The molecule has 6 rings (SSSR count). The molecule has 0 radical (unpaired) electrons. The Hall–Kier alpha value is -4.81. The normalized spacial score (nSPS) is 14.3. The molecule has 4 heterocycles. The van der Waals surface area contributed by atoms with Crippen LogP contribution in [0.15, 0.2) is 71.7 Å². The predicted octanol–water partition coefficient (Wildman–Crippen LogP) is 5.26. The van der Waals surface area contributed by atoms with Crippen molar-refractivity contribution in [2.24, 2.45) is 0 Å². The van der Waals surface area contributed by atoms with Crippen molar-refractivity contribution < 1.29 is 19.4 Å². The van der Waals surface area contributed by atoms with Crippen LogP contribution in [0.1, 0.15) is 29.7 Å². The van der Waals surface area contributed by atoms with Gasteiger partial charge in [-0.2, -0.15) is 0 Å². The van der Waals surface area contributed by atoms with Gasteiger partial charge in [0.2, 0.25) is 11.8 Å². The third-order valence-corrected chi connectivity index (χ3v) is 9.32. The summed E-state index contributed by atoms with van der Waals surface area (Å²) in [5.74, 6) is -0.446. The molecule has 1 aliphatic rings. The number of rotatable bonds is 12. The van der Waals surface area contributed by atoms with E-state index < -0.39 is 5.97 Å². The van der Waals surface area contributed by atoms with Crippen LogP contribution in [0, 0.1) is 6.92 Å². The minimum absolute atomic E-state index is 0.0853. The van der Waals surface area contributed by atoms with Crippen molar-refractivity contribution in [1.82, 2.24) is 30.3 Å². The highest BCUT2D eigenvalue weighted by molar-refractivity contribution is 6.39. The summed E-state index contributed by atoms with van der Waals surface area (Å²) in [6.07, 6.45) is 3.02. The molecule has 0 aliphatic carbocycles. The number of aromatic nitrogens is 3. The molecule has 2 aromatic carbocycles. The van der Waals surface area contributed by atoms with Gasteiger partial charge in [-0.15, -0.1) is 0 Å². The van der Waals surface area contributed by atoms with E-state index >= 15 is 0 Å². The number of aliphatic carboxylic acids is 1. The second-order valence-electron chi connectivity index (χ2n) is 11.8. The van der Waals surface area contributed by atoms with Crippen molar-refractivity contribution in [2.45, 2.75) is 38.9 Å². The fraction of sp³-hybridized carbons (Fsp3) is 0.250. The number of ether oxygens (including phenoxy) is 1. The van der Waals surface area contributed by atoms with Gasteiger partial charge in [-0.05, 0) is 37.1 Å². The number of carboxylic acids is 1. The Morgan fingerprint density at radius 2 is 1.69 bits per heavy atom. The molecule has 49 heavy (non-hydrogen) atoms. The van der Waals surface area contributed by atoms with E-state index in [-0.39, 0.29) is 30.6 Å². The molecule has 5 aromatic rings. The Balaban J connectivity index is 1.27. The molecular weight excluding hydrogens is 667 g/mol. The van der Waals surface area contributed by atoms with Gasteiger partial charge in [0.25, 0.3) is 5.56 Å². The molecule has 3 aromatic heterocycles. The number of carbonyl (C=O) groups is 2. The number of fused-ring (bicyclic) bond motifs is 1. The second-order valence-corrected chi connectivity index (χ2v) is 12.5. The zero-order valence-electron chi connectivity index (χ0n) is 26.8. The summed E-state index contributed by atoms with van der Waals surface area (Å²) in [6, 6.07) is 18.9. The summed E-state index contributed by atoms with van der Waals surface area (Å²) in [5.41, 5.74) is 6.24. The first-order valence-electron chi connectivity index (χ1n) is 15.7. The van der Waals surface area contributed by atoms with E-state index in [0.29, 0.717) is 63.6 Å². The standard InChI is InChI=1S/C36H34Cl2N6O5/c1-20-28(18-40-19-32(46)47)36(48)44-14-13-21(15-30(44)41-20)24-5-3-6-25(33(24)37)26-7-4-8-27(34(26)38)29-11-9-22(35(43-29)49-2)16-39-17-23-10-12-31(45)42-23/h3-9,11,13-15,23,39-40H,10,12,16-19H2,1-2H3,(H,42,45)(H,46,47). The smallest absolute Gasteiger partial charge is 0.317 e. The van der Waals surface area contributed by atoms with Gasteiger partial charge in [0, 0.05) is 71.8 Å². The monoisotopic (exact) mass is 700 g/mol. The Labute approximate surface area is 292 Å². The van der Waals surface area contributed by atoms with E-state index in [2.05, 4.69) is 20.9 Å². The molecule has 1 aliphatic heterocycles. The molecule has 0 spiro atoms. The largest absolute Gasteiger partial charge is 0.481 e. The van der Waals surface area contributed by atoms with E-state index in [1.807, 2.05) is 48.5 Å². The minimum atomic E-state index is -1.01. The molecule has 11 nitrogen and oxygen atoms in total. The first kappa shape index (κ1) is 34.1. The Morgan fingerprint density at radius 1 is 0.980 bits per heavy atom. The second kappa shape index (κ2) is 14.8. The van der Waals surface area contributed by atoms with Crippen molar-refractivity contribution in [2.75, 3.05) is 20.2 Å². The van der Waals surface area contributed by atoms with E-state index in [9.17, 15) is 14.4 Å². The van der Waals surface area contributed by atoms with Gasteiger partial charge in [-0.3, -0.25) is 18.8 Å². The Morgan fingerprint density at radius 3 is 2.39 bits per heavy atom. The number of pyridine rings is 2. The summed E-state index contributed by atoms with van der Waals surface area (Å²) in [4.78, 5) is 45.0. The van der Waals surface area contributed by atoms with Gasteiger partial charge in [0.05, 0.1) is 35.0 Å². The molecule has 0 saturated carbocycles. The highest BCUT2D eigenvalue weighted by Gasteiger charge is 2.21. The number of nitrogens with zero attached hydrogens (tertiary/aromatic N) is 3. The topological polar surface area (TPSA) is 147 Å². The van der Waals surface area contributed by atoms with Gasteiger partial charge in [0.1, 0.15) is 5.65 Å². The molecule has 1 saturated heterocycles. The summed E-state index contributed by atoms with van der Waals surface area (Å²) in [5, 5.41) is 19.0. The van der Waals surface area contributed by atoms with Crippen LogP contribution in [0.5, 0.6) is 5.88 Å². The predicted molar refractivity (Wildman–Crippen MR) is 189 cm³/mol. The van der Waals surface area contributed by atoms with E-state index in [1.54, 1.807) is 32.4 Å². The van der Waals surface area contributed by atoms with Crippen LogP contribution in [0.2, 0.25) is 10.0 Å². The maximum atomic E-state index is 13.2. The van der Waals surface area contributed by atoms with Crippen LogP contribution in [0.4, 0.5) is 0 Å². The van der Waals surface area contributed by atoms with Crippen molar-refractivity contribution >= 4 is 40.7 Å². The van der Waals surface area contributed by atoms with Crippen LogP contribution in [0.25, 0.3) is 39.2 Å². The number of carbonyl (C=O) groups excluding carboxylic acids is 1. The average Bonchev–Trinajstić information content (AvgIpc) is 3.51. The number of benzene rings is 2. The minimum Gasteiger partial charge on any atom is -0.481 e. The third kappa shape index (κ3) is 7.30. The summed E-state index contributed by atoms with van der Waals surface area (Å²) >= 11 is 14.1. The van der Waals surface area contributed by atoms with Crippen LogP contribution in [-0.4, -0.2) is 57.6 Å². The lowest BCUT2D eigenvalue weighted by atomic mass is 9.97. The van der Waals surface area contributed by atoms with Crippen molar-refractivity contribution in [3.63, 3.8) is 0 Å². The summed E-state index contributed by atoms with van der Waals surface area (Å²) < 4.78 is 7.06. The lowest BCUT2D eigenvalue weighted by Gasteiger charge is -2.16. The lowest BCUT2D eigenvalue weighted by molar-refractivity contribution is -0.136. The molecule has 13 heteroatoms. The van der Waals surface area contributed by atoms with Gasteiger partial charge in [-0.1, -0.05) is 65.7 Å². The van der Waals surface area contributed by atoms with Gasteiger partial charge in [0.15, 0.2) is 0 Å². The van der Waals surface area contributed by atoms with E-state index in [1.165, 1.54) is 4.40 Å². The van der Waals surface area contributed by atoms with Gasteiger partial charge >= 0.3 is 5.97 Å². The number of aryl methyl sites for hydroxylation is 1. The number of hydrogen-bond donors (Lipinski definition) is 4. The van der Waals surface area contributed by atoms with Crippen molar-refractivity contribution in [3.05, 3.63) is 104 Å². The van der Waals surface area contributed by atoms with Gasteiger partial charge in [-0.25, -0.2) is 9.97 Å². The third-order valence-electron chi connectivity index (χ3n) is 8.51. The number of amides is 1. The maximum absolute atomic E-state index is 13.2. The zero-order valence-corrected chi connectivity index (χ0v) is 28.4. The highest BCUT2D eigenvalue weighted by atomic mass is 35.5. The van der Waals surface area contributed by atoms with Crippen LogP contribution in [-0.2, 0) is 22.7 Å². The highest BCUT2D eigenvalue weighted by Crippen LogP contribution is 2.42. The average molecular weight is 702 g/mol. The molecule has 0 bridgehead atoms. The van der Waals surface area contributed by atoms with E-state index in [4.69, 9.17) is 38.0 Å². The molecular formula is C36H34Cl2N6O5. The SMILES string of the molecule is COc1nc(-c2cccc(-c3cccc(-c4ccn5c(=O)c(CNCC(=O)O)c(C)nc5c4)c3Cl)c2Cl)ccc1CNCC1CCC(=O)N1.